The van der Waals surface area contributed by atoms with Gasteiger partial charge in [0.25, 0.3) is 0 Å². The van der Waals surface area contributed by atoms with E-state index in [0.29, 0.717) is 5.57 Å². The number of hydrogen-bond donors (Lipinski definition) is 1. The van der Waals surface area contributed by atoms with Gasteiger partial charge in [-0.25, -0.2) is 9.59 Å². The average molecular weight is 337 g/mol. The molecule has 0 unspecified atom stereocenters. The van der Waals surface area contributed by atoms with Crippen molar-refractivity contribution in [1.29, 1.82) is 0 Å². The molecule has 0 radical (unpaired) electrons. The van der Waals surface area contributed by atoms with E-state index < -0.39 is 5.97 Å². The van der Waals surface area contributed by atoms with E-state index in [1.54, 1.807) is 26.0 Å². The van der Waals surface area contributed by atoms with Crippen molar-refractivity contribution in [1.82, 2.24) is 4.90 Å². The van der Waals surface area contributed by atoms with Crippen molar-refractivity contribution >= 4 is 11.9 Å². The summed E-state index contributed by atoms with van der Waals surface area (Å²) in [6.07, 6.45) is 4.88. The summed E-state index contributed by atoms with van der Waals surface area (Å²) in [5.41, 5.74) is 0.873. The predicted octanol–water partition coefficient (Wildman–Crippen LogP) is 1.44. The normalized spacial score (nSPS) is 27.9. The summed E-state index contributed by atoms with van der Waals surface area (Å²) in [6.45, 7) is 7.05. The average Bonchev–Trinajstić information content (AvgIpc) is 3.16. The summed E-state index contributed by atoms with van der Waals surface area (Å²) in [5.74, 6) is -0.602. The van der Waals surface area contributed by atoms with Crippen molar-refractivity contribution in [2.45, 2.75) is 45.8 Å². The van der Waals surface area contributed by atoms with Gasteiger partial charge in [0.15, 0.2) is 0 Å². The highest BCUT2D eigenvalue weighted by Gasteiger charge is 2.46. The summed E-state index contributed by atoms with van der Waals surface area (Å²) in [7, 11) is 0. The van der Waals surface area contributed by atoms with Gasteiger partial charge >= 0.3 is 11.9 Å². The molecular formula is C18H27NO5. The lowest BCUT2D eigenvalue weighted by Gasteiger charge is -2.26. The monoisotopic (exact) mass is 337 g/mol. The highest BCUT2D eigenvalue weighted by molar-refractivity contribution is 5.88. The minimum Gasteiger partial charge on any atom is -0.462 e. The van der Waals surface area contributed by atoms with Crippen LogP contribution in [0.5, 0.6) is 0 Å². The van der Waals surface area contributed by atoms with Crippen LogP contribution in [-0.2, 0) is 19.1 Å². The Labute approximate surface area is 143 Å². The minimum atomic E-state index is -0.477. The molecule has 0 aliphatic carbocycles. The number of aliphatic hydroxyl groups is 1. The molecule has 2 aliphatic rings. The molecular weight excluding hydrogens is 310 g/mol. The van der Waals surface area contributed by atoms with Gasteiger partial charge in [0.05, 0.1) is 24.8 Å². The zero-order valence-electron chi connectivity index (χ0n) is 14.7. The van der Waals surface area contributed by atoms with Gasteiger partial charge in [0.1, 0.15) is 6.10 Å². The van der Waals surface area contributed by atoms with Crippen LogP contribution in [0.2, 0.25) is 0 Å². The number of nitrogens with zero attached hydrogens (tertiary/aromatic N) is 1. The Bertz CT molecular complexity index is 540. The van der Waals surface area contributed by atoms with E-state index in [-0.39, 0.29) is 42.8 Å². The molecule has 6 nitrogen and oxygen atoms in total. The second-order valence-corrected chi connectivity index (χ2v) is 6.35. The zero-order valence-corrected chi connectivity index (χ0v) is 14.7. The fraction of sp³-hybridized carbons (Fsp3) is 0.667. The number of fused-ring (bicyclic) bond motifs is 1. The van der Waals surface area contributed by atoms with Crippen molar-refractivity contribution in [3.8, 4) is 0 Å². The van der Waals surface area contributed by atoms with Crippen LogP contribution < -0.4 is 0 Å². The Morgan fingerprint density at radius 1 is 1.17 bits per heavy atom. The van der Waals surface area contributed by atoms with E-state index in [0.717, 1.165) is 25.9 Å². The second kappa shape index (κ2) is 8.44. The molecule has 24 heavy (non-hydrogen) atoms. The molecule has 1 N–H and O–H groups in total. The number of hydrogen-bond acceptors (Lipinski definition) is 6. The molecule has 0 aromatic rings. The van der Waals surface area contributed by atoms with Gasteiger partial charge in [0, 0.05) is 18.0 Å². The van der Waals surface area contributed by atoms with Crippen LogP contribution in [0.25, 0.3) is 0 Å². The number of allylic oxidation sites excluding steroid dienone is 2. The van der Waals surface area contributed by atoms with Gasteiger partial charge in [-0.15, -0.1) is 0 Å². The molecule has 2 heterocycles. The topological polar surface area (TPSA) is 76.1 Å². The Hall–Kier alpha value is -1.66. The standard InChI is InChI=1S/C18H27NO5/c1-4-12(3)17(21)24-15-7-9-19-8-6-14(16(15)19)11-23-18(22)13(5-2)10-20/h4-5,14-16,20H,6-11H2,1-3H3/t14-,15-,16-/m1/s1. The Kier molecular flexibility index (Phi) is 6.57. The van der Waals surface area contributed by atoms with Crippen molar-refractivity contribution in [3.63, 3.8) is 0 Å². The van der Waals surface area contributed by atoms with E-state index in [9.17, 15) is 9.59 Å². The first-order chi connectivity index (χ1) is 11.5. The van der Waals surface area contributed by atoms with E-state index in [1.165, 1.54) is 0 Å². The summed E-state index contributed by atoms with van der Waals surface area (Å²) < 4.78 is 11.0. The highest BCUT2D eigenvalue weighted by Crippen LogP contribution is 2.35. The first kappa shape index (κ1) is 18.7. The lowest BCUT2D eigenvalue weighted by Crippen LogP contribution is -2.38. The molecule has 2 fully saturated rings. The SMILES string of the molecule is CC=C(C)C(=O)O[C@@H]1CCN2CC[C@H](COC(=O)C(=CC)CO)[C@H]12. The molecule has 0 saturated carbocycles. The molecule has 0 spiro atoms. The van der Waals surface area contributed by atoms with Crippen LogP contribution in [0.4, 0.5) is 0 Å². The van der Waals surface area contributed by atoms with Crippen LogP contribution in [0.3, 0.4) is 0 Å². The van der Waals surface area contributed by atoms with Gasteiger partial charge in [-0.05, 0) is 40.2 Å². The molecule has 0 aromatic carbocycles. The zero-order chi connectivity index (χ0) is 17.7. The fourth-order valence-electron chi connectivity index (χ4n) is 3.42. The molecule has 134 valence electrons. The molecule has 6 heteroatoms. The second-order valence-electron chi connectivity index (χ2n) is 6.35. The number of rotatable bonds is 6. The largest absolute Gasteiger partial charge is 0.462 e. The summed E-state index contributed by atoms with van der Waals surface area (Å²) in [5, 5.41) is 9.12. The van der Waals surface area contributed by atoms with Crippen LogP contribution in [0, 0.1) is 5.92 Å². The molecule has 2 rings (SSSR count). The van der Waals surface area contributed by atoms with E-state index >= 15 is 0 Å². The molecule has 3 atom stereocenters. The predicted molar refractivity (Wildman–Crippen MR) is 89.2 cm³/mol. The summed E-state index contributed by atoms with van der Waals surface area (Å²) in [4.78, 5) is 26.2. The number of ether oxygens (including phenoxy) is 2. The van der Waals surface area contributed by atoms with E-state index in [1.807, 2.05) is 6.92 Å². The van der Waals surface area contributed by atoms with Crippen LogP contribution in [0.1, 0.15) is 33.6 Å². The third-order valence-electron chi connectivity index (χ3n) is 5.00. The summed E-state index contributed by atoms with van der Waals surface area (Å²) >= 11 is 0. The molecule has 2 saturated heterocycles. The molecule has 0 aromatic heterocycles. The Balaban J connectivity index is 1.95. The highest BCUT2D eigenvalue weighted by atomic mass is 16.5. The van der Waals surface area contributed by atoms with E-state index in [4.69, 9.17) is 14.6 Å². The van der Waals surface area contributed by atoms with Crippen LogP contribution in [-0.4, -0.2) is 60.4 Å². The van der Waals surface area contributed by atoms with E-state index in [2.05, 4.69) is 4.90 Å². The lowest BCUT2D eigenvalue weighted by atomic mass is 9.97. The van der Waals surface area contributed by atoms with Crippen molar-refractivity contribution < 1.29 is 24.2 Å². The Morgan fingerprint density at radius 3 is 2.50 bits per heavy atom. The van der Waals surface area contributed by atoms with Gasteiger partial charge in [-0.2, -0.15) is 0 Å². The maximum atomic E-state index is 12.0. The number of carbonyl (C=O) groups excluding carboxylic acids is 2. The maximum Gasteiger partial charge on any atom is 0.336 e. The van der Waals surface area contributed by atoms with Crippen LogP contribution in [0.15, 0.2) is 23.3 Å². The first-order valence-corrected chi connectivity index (χ1v) is 8.52. The fourth-order valence-corrected chi connectivity index (χ4v) is 3.42. The molecule has 0 bridgehead atoms. The summed E-state index contributed by atoms with van der Waals surface area (Å²) in [6, 6.07) is 0.106. The Morgan fingerprint density at radius 2 is 1.88 bits per heavy atom. The number of esters is 2. The van der Waals surface area contributed by atoms with Crippen LogP contribution >= 0.6 is 0 Å². The minimum absolute atomic E-state index is 0.106. The van der Waals surface area contributed by atoms with Crippen molar-refractivity contribution in [2.75, 3.05) is 26.3 Å². The lowest BCUT2D eigenvalue weighted by molar-refractivity contribution is -0.148. The third kappa shape index (κ3) is 4.05. The van der Waals surface area contributed by atoms with Gasteiger partial charge in [0.2, 0.25) is 0 Å². The molecule has 0 amide bonds. The number of aliphatic hydroxyl groups excluding tert-OH is 1. The van der Waals surface area contributed by atoms with Crippen molar-refractivity contribution in [2.24, 2.45) is 5.92 Å². The quantitative estimate of drug-likeness (QED) is 0.584. The number of carbonyl (C=O) groups is 2. The van der Waals surface area contributed by atoms with Gasteiger partial charge < -0.3 is 14.6 Å². The first-order valence-electron chi connectivity index (χ1n) is 8.52. The molecule has 2 aliphatic heterocycles. The van der Waals surface area contributed by atoms with Gasteiger partial charge in [-0.1, -0.05) is 12.2 Å². The maximum absolute atomic E-state index is 12.0. The third-order valence-corrected chi connectivity index (χ3v) is 5.00. The van der Waals surface area contributed by atoms with Gasteiger partial charge in [-0.3, -0.25) is 4.90 Å². The smallest absolute Gasteiger partial charge is 0.336 e. The van der Waals surface area contributed by atoms with Crippen molar-refractivity contribution in [3.05, 3.63) is 23.3 Å².